The van der Waals surface area contributed by atoms with Gasteiger partial charge in [-0.1, -0.05) is 35.7 Å². The lowest BCUT2D eigenvalue weighted by Gasteiger charge is -2.30. The van der Waals surface area contributed by atoms with E-state index in [4.69, 9.17) is 0 Å². The lowest BCUT2D eigenvalue weighted by molar-refractivity contribution is 0.0725. The summed E-state index contributed by atoms with van der Waals surface area (Å²) in [7, 11) is 0. The van der Waals surface area contributed by atoms with Crippen molar-refractivity contribution in [1.82, 2.24) is 0 Å². The number of hydrogen-bond acceptors (Lipinski definition) is 1. The van der Waals surface area contributed by atoms with Gasteiger partial charge in [-0.15, -0.1) is 0 Å². The summed E-state index contributed by atoms with van der Waals surface area (Å²) in [6.07, 6.45) is 3.59. The number of aliphatic hydroxyl groups is 1. The molecule has 2 rings (SSSR count). The van der Waals surface area contributed by atoms with Crippen LogP contribution in [0.15, 0.2) is 22.7 Å². The first-order valence-corrected chi connectivity index (χ1v) is 7.00. The van der Waals surface area contributed by atoms with E-state index in [1.54, 1.807) is 12.1 Å². The third-order valence-corrected chi connectivity index (χ3v) is 4.28. The second kappa shape index (κ2) is 5.49. The van der Waals surface area contributed by atoms with E-state index < -0.39 is 6.10 Å². The van der Waals surface area contributed by atoms with Gasteiger partial charge in [0, 0.05) is 10.0 Å². The lowest BCUT2D eigenvalue weighted by Crippen LogP contribution is -2.20. The topological polar surface area (TPSA) is 20.2 Å². The smallest absolute Gasteiger partial charge is 0.129 e. The summed E-state index contributed by atoms with van der Waals surface area (Å²) in [5.41, 5.74) is 0.430. The summed E-state index contributed by atoms with van der Waals surface area (Å²) in [6.45, 7) is 2.24. The first kappa shape index (κ1) is 13.0. The molecule has 0 aromatic heterocycles. The zero-order valence-electron chi connectivity index (χ0n) is 10.00. The van der Waals surface area contributed by atoms with E-state index in [0.717, 1.165) is 36.1 Å². The van der Waals surface area contributed by atoms with Gasteiger partial charge in [0.05, 0.1) is 6.10 Å². The Balaban J connectivity index is 2.13. The molecule has 0 heterocycles. The van der Waals surface area contributed by atoms with Crippen LogP contribution in [0.5, 0.6) is 0 Å². The van der Waals surface area contributed by atoms with Gasteiger partial charge in [-0.2, -0.15) is 0 Å². The Labute approximate surface area is 110 Å². The summed E-state index contributed by atoms with van der Waals surface area (Å²) < 4.78 is 14.5. The molecule has 1 nitrogen and oxygen atoms in total. The van der Waals surface area contributed by atoms with Crippen LogP contribution in [0.25, 0.3) is 0 Å². The van der Waals surface area contributed by atoms with Crippen molar-refractivity contribution < 1.29 is 9.50 Å². The zero-order chi connectivity index (χ0) is 12.4. The third-order valence-electron chi connectivity index (χ3n) is 3.78. The lowest BCUT2D eigenvalue weighted by atomic mass is 9.78. The van der Waals surface area contributed by atoms with Crippen molar-refractivity contribution in [3.8, 4) is 0 Å². The normalized spacial score (nSPS) is 26.8. The molecule has 1 aromatic rings. The quantitative estimate of drug-likeness (QED) is 0.855. The molecule has 1 aliphatic rings. The molecule has 0 radical (unpaired) electrons. The molecule has 1 unspecified atom stereocenters. The van der Waals surface area contributed by atoms with Crippen LogP contribution in [0.3, 0.4) is 0 Å². The van der Waals surface area contributed by atoms with E-state index in [2.05, 4.69) is 22.9 Å². The van der Waals surface area contributed by atoms with Crippen molar-refractivity contribution in [2.75, 3.05) is 0 Å². The second-order valence-electron chi connectivity index (χ2n) is 5.13. The molecule has 0 amide bonds. The van der Waals surface area contributed by atoms with Crippen LogP contribution in [-0.4, -0.2) is 5.11 Å². The fourth-order valence-corrected chi connectivity index (χ4v) is 2.98. The van der Waals surface area contributed by atoms with Crippen molar-refractivity contribution in [1.29, 1.82) is 0 Å². The van der Waals surface area contributed by atoms with Crippen molar-refractivity contribution >= 4 is 15.9 Å². The first-order valence-electron chi connectivity index (χ1n) is 6.21. The highest BCUT2D eigenvalue weighted by molar-refractivity contribution is 9.10. The van der Waals surface area contributed by atoms with Gasteiger partial charge < -0.3 is 5.11 Å². The summed E-state index contributed by atoms with van der Waals surface area (Å²) in [5, 5.41) is 10.3. The minimum Gasteiger partial charge on any atom is -0.388 e. The fraction of sp³-hybridized carbons (Fsp3) is 0.571. The van der Waals surface area contributed by atoms with Crippen LogP contribution < -0.4 is 0 Å². The van der Waals surface area contributed by atoms with E-state index in [9.17, 15) is 9.50 Å². The predicted molar refractivity (Wildman–Crippen MR) is 70.2 cm³/mol. The maximum Gasteiger partial charge on any atom is 0.129 e. The van der Waals surface area contributed by atoms with Crippen LogP contribution in [-0.2, 0) is 0 Å². The molecule has 1 aliphatic carbocycles. The summed E-state index contributed by atoms with van der Waals surface area (Å²) in [4.78, 5) is 0. The Kier molecular flexibility index (Phi) is 4.21. The number of aliphatic hydroxyl groups excluding tert-OH is 1. The molecular formula is C14H18BrFO. The largest absolute Gasteiger partial charge is 0.388 e. The molecule has 94 valence electrons. The molecule has 0 bridgehead atoms. The molecule has 0 aliphatic heterocycles. The minimum absolute atomic E-state index is 0.204. The van der Waals surface area contributed by atoms with Crippen LogP contribution in [0, 0.1) is 17.7 Å². The highest BCUT2D eigenvalue weighted by Gasteiger charge is 2.27. The monoisotopic (exact) mass is 300 g/mol. The molecule has 1 saturated carbocycles. The summed E-state index contributed by atoms with van der Waals surface area (Å²) >= 11 is 3.32. The van der Waals surface area contributed by atoms with Crippen LogP contribution in [0.2, 0.25) is 0 Å². The molecular weight excluding hydrogens is 283 g/mol. The van der Waals surface area contributed by atoms with Crippen LogP contribution in [0.4, 0.5) is 4.39 Å². The molecule has 1 atom stereocenters. The van der Waals surface area contributed by atoms with Gasteiger partial charge in [-0.25, -0.2) is 4.39 Å². The average Bonchev–Trinajstić information content (AvgIpc) is 2.32. The Morgan fingerprint density at radius 2 is 1.94 bits per heavy atom. The van der Waals surface area contributed by atoms with Gasteiger partial charge in [0.15, 0.2) is 0 Å². The van der Waals surface area contributed by atoms with E-state index in [-0.39, 0.29) is 11.7 Å². The summed E-state index contributed by atoms with van der Waals surface area (Å²) in [6, 6.07) is 4.76. The maximum absolute atomic E-state index is 13.7. The molecule has 0 spiro atoms. The fourth-order valence-electron chi connectivity index (χ4n) is 2.60. The minimum atomic E-state index is -0.667. The number of rotatable bonds is 2. The van der Waals surface area contributed by atoms with Crippen LogP contribution in [0.1, 0.15) is 44.3 Å². The Morgan fingerprint density at radius 3 is 2.59 bits per heavy atom. The number of benzene rings is 1. The number of halogens is 2. The predicted octanol–water partition coefficient (Wildman–Crippen LogP) is 4.45. The SMILES string of the molecule is CC1CCC(C(O)c2cc(Br)ccc2F)CC1. The Morgan fingerprint density at radius 1 is 1.29 bits per heavy atom. The molecule has 1 N–H and O–H groups in total. The Bertz CT molecular complexity index is 386. The average molecular weight is 301 g/mol. The molecule has 1 fully saturated rings. The standard InChI is InChI=1S/C14H18BrFO/c1-9-2-4-10(5-3-9)14(17)12-8-11(15)6-7-13(12)16/h6-10,14,17H,2-5H2,1H3. The van der Waals surface area contributed by atoms with E-state index in [1.165, 1.54) is 6.07 Å². The Hall–Kier alpha value is -0.410. The third kappa shape index (κ3) is 3.08. The molecule has 0 saturated heterocycles. The molecule has 17 heavy (non-hydrogen) atoms. The van der Waals surface area contributed by atoms with Crippen molar-refractivity contribution in [2.24, 2.45) is 11.8 Å². The van der Waals surface area contributed by atoms with Gasteiger partial charge in [-0.3, -0.25) is 0 Å². The first-order chi connectivity index (χ1) is 8.08. The van der Waals surface area contributed by atoms with E-state index in [1.807, 2.05) is 0 Å². The van der Waals surface area contributed by atoms with Gasteiger partial charge >= 0.3 is 0 Å². The molecule has 3 heteroatoms. The van der Waals surface area contributed by atoms with Crippen molar-refractivity contribution in [2.45, 2.75) is 38.7 Å². The van der Waals surface area contributed by atoms with Gasteiger partial charge in [0.25, 0.3) is 0 Å². The highest BCUT2D eigenvalue weighted by Crippen LogP contribution is 2.37. The second-order valence-corrected chi connectivity index (χ2v) is 6.05. The highest BCUT2D eigenvalue weighted by atomic mass is 79.9. The van der Waals surface area contributed by atoms with Gasteiger partial charge in [0.1, 0.15) is 5.82 Å². The maximum atomic E-state index is 13.7. The van der Waals surface area contributed by atoms with Crippen molar-refractivity contribution in [3.05, 3.63) is 34.1 Å². The van der Waals surface area contributed by atoms with Gasteiger partial charge in [-0.05, 0) is 42.9 Å². The molecule has 1 aromatic carbocycles. The summed E-state index contributed by atoms with van der Waals surface area (Å²) in [5.74, 6) is 0.639. The van der Waals surface area contributed by atoms with E-state index in [0.29, 0.717) is 5.56 Å². The van der Waals surface area contributed by atoms with Gasteiger partial charge in [0.2, 0.25) is 0 Å². The van der Waals surface area contributed by atoms with E-state index >= 15 is 0 Å². The zero-order valence-corrected chi connectivity index (χ0v) is 11.6. The van der Waals surface area contributed by atoms with Crippen LogP contribution >= 0.6 is 15.9 Å². The number of hydrogen-bond donors (Lipinski definition) is 1. The van der Waals surface area contributed by atoms with Crippen molar-refractivity contribution in [3.63, 3.8) is 0 Å².